The molecule has 1 aromatic heterocycles. The molecule has 1 aliphatic rings. The molecule has 2 aromatic carbocycles. The van der Waals surface area contributed by atoms with Crippen molar-refractivity contribution in [3.63, 3.8) is 0 Å². The summed E-state index contributed by atoms with van der Waals surface area (Å²) in [6, 6.07) is 12.7. The van der Waals surface area contributed by atoms with E-state index in [2.05, 4.69) is 26.3 Å². The minimum Gasteiger partial charge on any atom is -0.492 e. The van der Waals surface area contributed by atoms with Crippen LogP contribution in [0.1, 0.15) is 42.5 Å². The molecule has 8 nitrogen and oxygen atoms in total. The molecular formula is C22H28N4O4S. The lowest BCUT2D eigenvalue weighted by molar-refractivity contribution is 0.172. The number of ether oxygens (including phenoxy) is 1. The van der Waals surface area contributed by atoms with Gasteiger partial charge in [-0.1, -0.05) is 18.6 Å². The molecule has 4 rings (SSSR count). The lowest BCUT2D eigenvalue weighted by Gasteiger charge is -2.23. The number of hydrogen-bond acceptors (Lipinski definition) is 6. The first kappa shape index (κ1) is 21.6. The van der Waals surface area contributed by atoms with E-state index in [4.69, 9.17) is 4.74 Å². The van der Waals surface area contributed by atoms with Gasteiger partial charge in [-0.3, -0.25) is 9.82 Å². The number of aromatic nitrogens is 2. The van der Waals surface area contributed by atoms with E-state index in [0.29, 0.717) is 36.9 Å². The summed E-state index contributed by atoms with van der Waals surface area (Å²) in [6.07, 6.45) is 4.05. The van der Waals surface area contributed by atoms with E-state index in [1.165, 1.54) is 30.3 Å². The number of fused-ring (bicyclic) bond motifs is 1. The molecule has 0 radical (unpaired) electrons. The maximum absolute atomic E-state index is 11.4. The Bertz CT molecular complexity index is 1140. The van der Waals surface area contributed by atoms with Gasteiger partial charge in [0.25, 0.3) is 0 Å². The lowest BCUT2D eigenvalue weighted by atomic mass is 9.82. The topological polar surface area (TPSA) is 116 Å². The van der Waals surface area contributed by atoms with Gasteiger partial charge >= 0.3 is 0 Å². The molecule has 1 aliphatic carbocycles. The largest absolute Gasteiger partial charge is 0.492 e. The fourth-order valence-electron chi connectivity index (χ4n) is 3.72. The summed E-state index contributed by atoms with van der Waals surface area (Å²) in [5.74, 6) is 1.36. The van der Waals surface area contributed by atoms with Crippen LogP contribution in [0.3, 0.4) is 0 Å². The summed E-state index contributed by atoms with van der Waals surface area (Å²) >= 11 is 0. The zero-order chi connectivity index (χ0) is 21.8. The minimum atomic E-state index is -3.36. The van der Waals surface area contributed by atoms with Crippen molar-refractivity contribution >= 4 is 26.6 Å². The Morgan fingerprint density at radius 3 is 2.84 bits per heavy atom. The van der Waals surface area contributed by atoms with Crippen molar-refractivity contribution in [2.45, 2.75) is 31.3 Å². The molecule has 0 amide bonds. The van der Waals surface area contributed by atoms with E-state index in [1.54, 1.807) is 24.3 Å². The van der Waals surface area contributed by atoms with Gasteiger partial charge in [0.15, 0.2) is 0 Å². The number of aliphatic hydroxyl groups is 1. The predicted octanol–water partition coefficient (Wildman–Crippen LogP) is 2.90. The van der Waals surface area contributed by atoms with Crippen LogP contribution < -0.4 is 14.8 Å². The van der Waals surface area contributed by atoms with Crippen LogP contribution in [0.2, 0.25) is 0 Å². The Morgan fingerprint density at radius 2 is 2.10 bits per heavy atom. The number of aromatic amines is 1. The van der Waals surface area contributed by atoms with Crippen LogP contribution in [0.4, 0.5) is 5.69 Å². The highest BCUT2D eigenvalue weighted by Gasteiger charge is 2.24. The van der Waals surface area contributed by atoms with Gasteiger partial charge < -0.3 is 15.2 Å². The highest BCUT2D eigenvalue weighted by molar-refractivity contribution is 7.92. The standard InChI is InChI=1S/C22H28N4O4S/c1-31(28,29)26-17-7-3-6-16(12-17)21(27)14-23-10-11-30-18-8-9-19-20(13-18)24-25-22(19)15-4-2-5-15/h3,6-9,12-13,15,21,23,26-27H,2,4-5,10-11,14H2,1H3,(H,24,25)/t21-/m0/s1. The molecule has 0 bridgehead atoms. The van der Waals surface area contributed by atoms with Crippen molar-refractivity contribution in [1.29, 1.82) is 0 Å². The number of hydrogen-bond donors (Lipinski definition) is 4. The van der Waals surface area contributed by atoms with E-state index in [1.807, 2.05) is 12.1 Å². The highest BCUT2D eigenvalue weighted by atomic mass is 32.2. The maximum Gasteiger partial charge on any atom is 0.229 e. The monoisotopic (exact) mass is 444 g/mol. The van der Waals surface area contributed by atoms with Gasteiger partial charge in [0.05, 0.1) is 23.6 Å². The van der Waals surface area contributed by atoms with Crippen molar-refractivity contribution in [2.75, 3.05) is 30.7 Å². The second-order valence-corrected chi connectivity index (χ2v) is 9.76. The number of aliphatic hydroxyl groups excluding tert-OH is 1. The fourth-order valence-corrected chi connectivity index (χ4v) is 4.28. The number of nitrogens with zero attached hydrogens (tertiary/aromatic N) is 1. The molecular weight excluding hydrogens is 416 g/mol. The molecule has 1 saturated carbocycles. The van der Waals surface area contributed by atoms with E-state index in [0.717, 1.165) is 17.5 Å². The first-order chi connectivity index (χ1) is 14.9. The Hall–Kier alpha value is -2.62. The van der Waals surface area contributed by atoms with Gasteiger partial charge in [0.1, 0.15) is 12.4 Å². The van der Waals surface area contributed by atoms with Gasteiger partial charge in [-0.2, -0.15) is 5.10 Å². The number of H-pyrrole nitrogens is 1. The third kappa shape index (κ3) is 5.55. The first-order valence-corrected chi connectivity index (χ1v) is 12.4. The Kier molecular flexibility index (Phi) is 6.45. The van der Waals surface area contributed by atoms with Crippen LogP contribution in [0, 0.1) is 0 Å². The molecule has 31 heavy (non-hydrogen) atoms. The average molecular weight is 445 g/mol. The lowest BCUT2D eigenvalue weighted by Crippen LogP contribution is -2.26. The van der Waals surface area contributed by atoms with Crippen molar-refractivity contribution in [3.8, 4) is 5.75 Å². The van der Waals surface area contributed by atoms with Gasteiger partial charge in [-0.25, -0.2) is 8.42 Å². The van der Waals surface area contributed by atoms with Crippen LogP contribution in [0.15, 0.2) is 42.5 Å². The van der Waals surface area contributed by atoms with Crippen LogP contribution in [0.5, 0.6) is 5.75 Å². The van der Waals surface area contributed by atoms with Crippen LogP contribution in [-0.4, -0.2) is 49.7 Å². The van der Waals surface area contributed by atoms with E-state index in [9.17, 15) is 13.5 Å². The number of benzene rings is 2. The Labute approximate surface area is 182 Å². The maximum atomic E-state index is 11.4. The summed E-state index contributed by atoms with van der Waals surface area (Å²) in [7, 11) is -3.36. The van der Waals surface area contributed by atoms with Gasteiger partial charge in [-0.05, 0) is 42.7 Å². The minimum absolute atomic E-state index is 0.329. The second kappa shape index (κ2) is 9.25. The summed E-state index contributed by atoms with van der Waals surface area (Å²) < 4.78 is 30.9. The van der Waals surface area contributed by atoms with Crippen LogP contribution in [0.25, 0.3) is 10.9 Å². The van der Waals surface area contributed by atoms with Gasteiger partial charge in [0, 0.05) is 36.1 Å². The van der Waals surface area contributed by atoms with E-state index in [-0.39, 0.29) is 0 Å². The SMILES string of the molecule is CS(=O)(=O)Nc1cccc([C@@H](O)CNCCOc2ccc3c(C4CCC4)n[nH]c3c2)c1. The zero-order valence-corrected chi connectivity index (χ0v) is 18.3. The summed E-state index contributed by atoms with van der Waals surface area (Å²) in [4.78, 5) is 0. The molecule has 0 aliphatic heterocycles. The van der Waals surface area contributed by atoms with Crippen molar-refractivity contribution in [1.82, 2.24) is 15.5 Å². The summed E-state index contributed by atoms with van der Waals surface area (Å²) in [6.45, 7) is 1.35. The molecule has 1 fully saturated rings. The third-order valence-corrected chi connectivity index (χ3v) is 6.12. The van der Waals surface area contributed by atoms with Crippen LogP contribution in [-0.2, 0) is 10.0 Å². The molecule has 1 atom stereocenters. The number of sulfonamides is 1. The van der Waals surface area contributed by atoms with Gasteiger partial charge in [0.2, 0.25) is 10.0 Å². The van der Waals surface area contributed by atoms with Crippen molar-refractivity contribution < 1.29 is 18.3 Å². The average Bonchev–Trinajstić information content (AvgIpc) is 3.08. The quantitative estimate of drug-likeness (QED) is 0.357. The summed E-state index contributed by atoms with van der Waals surface area (Å²) in [5.41, 5.74) is 3.22. The third-order valence-electron chi connectivity index (χ3n) is 5.52. The predicted molar refractivity (Wildman–Crippen MR) is 121 cm³/mol. The molecule has 0 saturated heterocycles. The fraction of sp³-hybridized carbons (Fsp3) is 0.409. The van der Waals surface area contributed by atoms with E-state index < -0.39 is 16.1 Å². The van der Waals surface area contributed by atoms with Crippen molar-refractivity contribution in [2.24, 2.45) is 0 Å². The highest BCUT2D eigenvalue weighted by Crippen LogP contribution is 2.38. The molecule has 0 unspecified atom stereocenters. The normalized spacial score (nSPS) is 15.5. The smallest absolute Gasteiger partial charge is 0.229 e. The first-order valence-electron chi connectivity index (χ1n) is 10.5. The second-order valence-electron chi connectivity index (χ2n) is 8.01. The van der Waals surface area contributed by atoms with Crippen LogP contribution >= 0.6 is 0 Å². The molecule has 3 aromatic rings. The zero-order valence-electron chi connectivity index (χ0n) is 17.5. The summed E-state index contributed by atoms with van der Waals surface area (Å²) in [5, 5.41) is 22.3. The van der Waals surface area contributed by atoms with Crippen molar-refractivity contribution in [3.05, 3.63) is 53.7 Å². The van der Waals surface area contributed by atoms with E-state index >= 15 is 0 Å². The Morgan fingerprint density at radius 1 is 1.26 bits per heavy atom. The number of nitrogens with one attached hydrogen (secondary N) is 3. The Balaban J connectivity index is 1.23. The molecule has 9 heteroatoms. The number of rotatable bonds is 10. The molecule has 166 valence electrons. The molecule has 1 heterocycles. The van der Waals surface area contributed by atoms with Gasteiger partial charge in [-0.15, -0.1) is 0 Å². The number of anilines is 1. The molecule has 0 spiro atoms. The molecule has 4 N–H and O–H groups in total.